The molecule has 0 bridgehead atoms. The van der Waals surface area contributed by atoms with Gasteiger partial charge in [-0.05, 0) is 97.8 Å². The summed E-state index contributed by atoms with van der Waals surface area (Å²) in [6.07, 6.45) is 6.73. The lowest BCUT2D eigenvalue weighted by molar-refractivity contribution is -0.128. The zero-order valence-electron chi connectivity index (χ0n) is 19.3. The molecule has 2 amide bonds. The van der Waals surface area contributed by atoms with Crippen molar-refractivity contribution < 1.29 is 9.59 Å². The number of amides is 2. The molecule has 178 valence electrons. The van der Waals surface area contributed by atoms with Crippen molar-refractivity contribution in [2.45, 2.75) is 57.9 Å². The van der Waals surface area contributed by atoms with Crippen LogP contribution in [-0.2, 0) is 9.59 Å². The Labute approximate surface area is 183 Å². The zero-order chi connectivity index (χ0) is 22.3. The first-order valence-electron chi connectivity index (χ1n) is 11.7. The van der Waals surface area contributed by atoms with Gasteiger partial charge in [-0.3, -0.25) is 9.59 Å². The molecule has 30 heavy (non-hydrogen) atoms. The highest BCUT2D eigenvalue weighted by molar-refractivity contribution is 5.88. The monoisotopic (exact) mass is 429 g/mol. The zero-order valence-corrected chi connectivity index (χ0v) is 19.3. The molecule has 8 N–H and O–H groups in total. The van der Waals surface area contributed by atoms with Gasteiger partial charge in [0.1, 0.15) is 6.04 Å². The third-order valence-corrected chi connectivity index (χ3v) is 4.68. The van der Waals surface area contributed by atoms with E-state index in [0.29, 0.717) is 13.0 Å². The Morgan fingerprint density at radius 1 is 0.800 bits per heavy atom. The van der Waals surface area contributed by atoms with E-state index in [1.165, 1.54) is 0 Å². The molecule has 0 radical (unpaired) electrons. The van der Waals surface area contributed by atoms with E-state index in [2.05, 4.69) is 38.8 Å². The van der Waals surface area contributed by atoms with E-state index < -0.39 is 6.04 Å². The highest BCUT2D eigenvalue weighted by Gasteiger charge is 2.19. The number of hydrogen-bond acceptors (Lipinski definition) is 7. The number of carbonyl (C=O) groups excluding carboxylic acids is 2. The molecule has 0 heterocycles. The number of nitrogens with two attached hydrogens (primary N) is 1. The van der Waals surface area contributed by atoms with Gasteiger partial charge in [0.25, 0.3) is 0 Å². The van der Waals surface area contributed by atoms with E-state index >= 15 is 0 Å². The topological polar surface area (TPSA) is 132 Å². The predicted molar refractivity (Wildman–Crippen MR) is 125 cm³/mol. The van der Waals surface area contributed by atoms with Crippen LogP contribution in [0.2, 0.25) is 0 Å². The molecule has 0 fully saturated rings. The SMILES string of the molecule is CCNCCCCC(NC(=O)CNC)C(=O)NCCCNCCCCNCCCN. The molecule has 0 aliphatic carbocycles. The van der Waals surface area contributed by atoms with Crippen LogP contribution in [0.15, 0.2) is 0 Å². The number of nitrogens with one attached hydrogen (secondary N) is 6. The molecule has 9 heteroatoms. The Morgan fingerprint density at radius 3 is 2.03 bits per heavy atom. The van der Waals surface area contributed by atoms with Crippen molar-refractivity contribution in [1.82, 2.24) is 31.9 Å². The van der Waals surface area contributed by atoms with Crippen LogP contribution in [0.4, 0.5) is 0 Å². The van der Waals surface area contributed by atoms with Crippen molar-refractivity contribution >= 4 is 11.8 Å². The van der Waals surface area contributed by atoms with Gasteiger partial charge in [0.05, 0.1) is 6.54 Å². The third-order valence-electron chi connectivity index (χ3n) is 4.68. The largest absolute Gasteiger partial charge is 0.354 e. The van der Waals surface area contributed by atoms with Gasteiger partial charge in [0.15, 0.2) is 0 Å². The van der Waals surface area contributed by atoms with Crippen molar-refractivity contribution in [2.75, 3.05) is 66.0 Å². The van der Waals surface area contributed by atoms with Crippen LogP contribution >= 0.6 is 0 Å². The van der Waals surface area contributed by atoms with Crippen LogP contribution in [-0.4, -0.2) is 83.8 Å². The van der Waals surface area contributed by atoms with Crippen molar-refractivity contribution in [1.29, 1.82) is 0 Å². The molecular formula is C21H47N7O2. The highest BCUT2D eigenvalue weighted by Crippen LogP contribution is 2.01. The molecule has 0 spiro atoms. The Balaban J connectivity index is 3.87. The molecule has 0 saturated carbocycles. The molecule has 9 nitrogen and oxygen atoms in total. The van der Waals surface area contributed by atoms with E-state index in [-0.39, 0.29) is 18.4 Å². The Morgan fingerprint density at radius 2 is 1.40 bits per heavy atom. The van der Waals surface area contributed by atoms with Gasteiger partial charge in [0.2, 0.25) is 11.8 Å². The molecule has 0 saturated heterocycles. The fraction of sp³-hybridized carbons (Fsp3) is 0.905. The van der Waals surface area contributed by atoms with Crippen LogP contribution in [0.1, 0.15) is 51.9 Å². The Bertz CT molecular complexity index is 411. The molecule has 1 atom stereocenters. The van der Waals surface area contributed by atoms with Gasteiger partial charge >= 0.3 is 0 Å². The van der Waals surface area contributed by atoms with Crippen LogP contribution < -0.4 is 37.6 Å². The van der Waals surface area contributed by atoms with Gasteiger partial charge in [0, 0.05) is 6.54 Å². The quantitative estimate of drug-likeness (QED) is 0.113. The summed E-state index contributed by atoms with van der Waals surface area (Å²) in [5.74, 6) is -0.241. The summed E-state index contributed by atoms with van der Waals surface area (Å²) in [7, 11) is 1.72. The maximum Gasteiger partial charge on any atom is 0.242 e. The van der Waals surface area contributed by atoms with Crippen LogP contribution in [0.25, 0.3) is 0 Å². The summed E-state index contributed by atoms with van der Waals surface area (Å²) in [4.78, 5) is 24.4. The second kappa shape index (κ2) is 22.4. The first-order chi connectivity index (χ1) is 14.7. The summed E-state index contributed by atoms with van der Waals surface area (Å²) >= 11 is 0. The summed E-state index contributed by atoms with van der Waals surface area (Å²) in [5, 5.41) is 18.7. The Hall–Kier alpha value is -1.26. The van der Waals surface area contributed by atoms with Crippen LogP contribution in [0.5, 0.6) is 0 Å². The number of unbranched alkanes of at least 4 members (excludes halogenated alkanes) is 2. The van der Waals surface area contributed by atoms with E-state index in [1.807, 2.05) is 0 Å². The van der Waals surface area contributed by atoms with Gasteiger partial charge in [-0.25, -0.2) is 0 Å². The molecule has 0 rings (SSSR count). The fourth-order valence-corrected chi connectivity index (χ4v) is 2.98. The second-order valence-corrected chi connectivity index (χ2v) is 7.49. The van der Waals surface area contributed by atoms with Crippen molar-refractivity contribution in [2.24, 2.45) is 5.73 Å². The first kappa shape index (κ1) is 28.7. The summed E-state index contributed by atoms with van der Waals surface area (Å²) in [6, 6.07) is -0.466. The molecule has 0 aromatic carbocycles. The lowest BCUT2D eigenvalue weighted by Crippen LogP contribution is -2.49. The molecule has 1 unspecified atom stereocenters. The van der Waals surface area contributed by atoms with E-state index in [0.717, 1.165) is 84.3 Å². The maximum absolute atomic E-state index is 12.5. The smallest absolute Gasteiger partial charge is 0.242 e. The number of carbonyl (C=O) groups is 2. The summed E-state index contributed by atoms with van der Waals surface area (Å²) in [5.41, 5.74) is 5.46. The minimum absolute atomic E-state index is 0.0912. The average molecular weight is 430 g/mol. The minimum atomic E-state index is -0.466. The summed E-state index contributed by atoms with van der Waals surface area (Å²) < 4.78 is 0. The predicted octanol–water partition coefficient (Wildman–Crippen LogP) is -0.715. The highest BCUT2D eigenvalue weighted by atomic mass is 16.2. The lowest BCUT2D eigenvalue weighted by Gasteiger charge is -2.18. The molecule has 0 aliphatic rings. The first-order valence-corrected chi connectivity index (χ1v) is 11.7. The normalized spacial score (nSPS) is 12.0. The van der Waals surface area contributed by atoms with Crippen molar-refractivity contribution in [3.05, 3.63) is 0 Å². The number of likely N-dealkylation sites (N-methyl/N-ethyl adjacent to an activating group) is 1. The van der Waals surface area contributed by atoms with E-state index in [1.54, 1.807) is 7.05 Å². The minimum Gasteiger partial charge on any atom is -0.354 e. The number of hydrogen-bond donors (Lipinski definition) is 7. The average Bonchev–Trinajstić information content (AvgIpc) is 2.73. The maximum atomic E-state index is 12.5. The Kier molecular flexibility index (Phi) is 21.5. The molecule has 0 aliphatic heterocycles. The third kappa shape index (κ3) is 18.7. The van der Waals surface area contributed by atoms with Crippen LogP contribution in [0.3, 0.4) is 0 Å². The summed E-state index contributed by atoms with van der Waals surface area (Å²) in [6.45, 7) is 9.42. The van der Waals surface area contributed by atoms with Gasteiger partial charge in [-0.2, -0.15) is 0 Å². The number of rotatable bonds is 22. The van der Waals surface area contributed by atoms with Crippen LogP contribution in [0, 0.1) is 0 Å². The van der Waals surface area contributed by atoms with Crippen molar-refractivity contribution in [3.63, 3.8) is 0 Å². The van der Waals surface area contributed by atoms with Gasteiger partial charge in [-0.1, -0.05) is 6.92 Å². The van der Waals surface area contributed by atoms with Gasteiger partial charge < -0.3 is 37.6 Å². The van der Waals surface area contributed by atoms with E-state index in [4.69, 9.17) is 5.73 Å². The second-order valence-electron chi connectivity index (χ2n) is 7.49. The lowest BCUT2D eigenvalue weighted by atomic mass is 10.1. The standard InChI is InChI=1S/C21H47N7O2/c1-3-24-12-5-4-10-19(28-20(29)18-23-2)21(30)27-17-9-16-26-14-7-6-13-25-15-8-11-22/h19,23-26H,3-18,22H2,1-2H3,(H,27,30)(H,28,29). The fourth-order valence-electron chi connectivity index (χ4n) is 2.98. The van der Waals surface area contributed by atoms with E-state index in [9.17, 15) is 9.59 Å². The molecule has 0 aromatic heterocycles. The molecule has 0 aromatic rings. The molecular weight excluding hydrogens is 382 g/mol. The van der Waals surface area contributed by atoms with Crippen molar-refractivity contribution in [3.8, 4) is 0 Å². The van der Waals surface area contributed by atoms with Gasteiger partial charge in [-0.15, -0.1) is 0 Å².